The second-order valence-electron chi connectivity index (χ2n) is 5.11. The van der Waals surface area contributed by atoms with Gasteiger partial charge in [0.1, 0.15) is 0 Å². The van der Waals surface area contributed by atoms with Crippen molar-refractivity contribution in [1.29, 1.82) is 0 Å². The number of rotatable bonds is 3. The van der Waals surface area contributed by atoms with Gasteiger partial charge in [-0.05, 0) is 24.3 Å². The number of hydrogen-bond acceptors (Lipinski definition) is 2. The molecule has 0 amide bonds. The van der Waals surface area contributed by atoms with E-state index in [4.69, 9.17) is 0 Å². The van der Waals surface area contributed by atoms with Gasteiger partial charge in [-0.25, -0.2) is 0 Å². The summed E-state index contributed by atoms with van der Waals surface area (Å²) in [6, 6.07) is 20.4. The summed E-state index contributed by atoms with van der Waals surface area (Å²) in [6.45, 7) is 0. The van der Waals surface area contributed by atoms with Crippen LogP contribution in [0.5, 0.6) is 0 Å². The molecule has 0 unspecified atom stereocenters. The van der Waals surface area contributed by atoms with E-state index in [0.717, 1.165) is 22.4 Å². The zero-order valence-corrected chi connectivity index (χ0v) is 11.8. The van der Waals surface area contributed by atoms with Crippen molar-refractivity contribution in [3.8, 4) is 0 Å². The van der Waals surface area contributed by atoms with Gasteiger partial charge in [-0.15, -0.1) is 0 Å². The van der Waals surface area contributed by atoms with Crippen molar-refractivity contribution in [2.24, 2.45) is 10.2 Å². The van der Waals surface area contributed by atoms with Crippen molar-refractivity contribution in [1.82, 2.24) is 9.97 Å². The fraction of sp³-hybridized carbons (Fsp3) is 0. The summed E-state index contributed by atoms with van der Waals surface area (Å²) >= 11 is 0. The molecule has 0 aliphatic heterocycles. The standard InChI is InChI=1S/C18H14N4/c1-3-7-17-13(5-1)9-15(21-17)11-19-20-12-16-10-14-6-2-4-8-18(14)22-16/h1-12,21-22H/b19-11-,20-12-. The van der Waals surface area contributed by atoms with Crippen LogP contribution in [0.1, 0.15) is 11.4 Å². The highest BCUT2D eigenvalue weighted by Gasteiger charge is 1.97. The molecule has 0 atom stereocenters. The van der Waals surface area contributed by atoms with Gasteiger partial charge in [0.25, 0.3) is 0 Å². The predicted octanol–water partition coefficient (Wildman–Crippen LogP) is 4.10. The molecule has 2 N–H and O–H groups in total. The van der Waals surface area contributed by atoms with Gasteiger partial charge in [0.2, 0.25) is 0 Å². The second-order valence-corrected chi connectivity index (χ2v) is 5.11. The van der Waals surface area contributed by atoms with Crippen LogP contribution < -0.4 is 0 Å². The van der Waals surface area contributed by atoms with Crippen LogP contribution in [0.15, 0.2) is 70.9 Å². The number of hydrogen-bond donors (Lipinski definition) is 2. The summed E-state index contributed by atoms with van der Waals surface area (Å²) in [5, 5.41) is 10.5. The minimum Gasteiger partial charge on any atom is -0.354 e. The summed E-state index contributed by atoms with van der Waals surface area (Å²) in [5.41, 5.74) is 4.08. The summed E-state index contributed by atoms with van der Waals surface area (Å²) in [6.07, 6.45) is 3.44. The predicted molar refractivity (Wildman–Crippen MR) is 91.8 cm³/mol. The van der Waals surface area contributed by atoms with Crippen LogP contribution in [-0.2, 0) is 0 Å². The molecule has 2 heterocycles. The van der Waals surface area contributed by atoms with Gasteiger partial charge in [-0.3, -0.25) is 0 Å². The number of nitrogens with zero attached hydrogens (tertiary/aromatic N) is 2. The lowest BCUT2D eigenvalue weighted by molar-refractivity contribution is 1.25. The average molecular weight is 286 g/mol. The van der Waals surface area contributed by atoms with Crippen LogP contribution in [0.3, 0.4) is 0 Å². The zero-order chi connectivity index (χ0) is 14.8. The average Bonchev–Trinajstić information content (AvgIpc) is 3.14. The summed E-state index contributed by atoms with van der Waals surface area (Å²) < 4.78 is 0. The molecular weight excluding hydrogens is 272 g/mol. The molecule has 0 saturated heterocycles. The van der Waals surface area contributed by atoms with E-state index >= 15 is 0 Å². The number of fused-ring (bicyclic) bond motifs is 2. The summed E-state index contributed by atoms with van der Waals surface area (Å²) in [7, 11) is 0. The van der Waals surface area contributed by atoms with Gasteiger partial charge in [0.15, 0.2) is 0 Å². The third kappa shape index (κ3) is 2.42. The Bertz CT molecular complexity index is 840. The van der Waals surface area contributed by atoms with Crippen LogP contribution in [0.4, 0.5) is 0 Å². The van der Waals surface area contributed by atoms with E-state index in [9.17, 15) is 0 Å². The molecule has 2 aromatic heterocycles. The first-order valence-corrected chi connectivity index (χ1v) is 7.10. The molecule has 2 aromatic carbocycles. The molecule has 0 fully saturated rings. The van der Waals surface area contributed by atoms with Crippen LogP contribution in [0.25, 0.3) is 21.8 Å². The quantitative estimate of drug-likeness (QED) is 0.421. The molecular formula is C18H14N4. The van der Waals surface area contributed by atoms with E-state index in [2.05, 4.69) is 44.4 Å². The largest absolute Gasteiger partial charge is 0.354 e. The van der Waals surface area contributed by atoms with E-state index in [-0.39, 0.29) is 0 Å². The van der Waals surface area contributed by atoms with Crippen molar-refractivity contribution in [3.63, 3.8) is 0 Å². The molecule has 0 spiro atoms. The van der Waals surface area contributed by atoms with E-state index in [1.54, 1.807) is 12.4 Å². The van der Waals surface area contributed by atoms with Crippen molar-refractivity contribution in [2.75, 3.05) is 0 Å². The Morgan fingerprint density at radius 2 is 1.09 bits per heavy atom. The highest BCUT2D eigenvalue weighted by molar-refractivity contribution is 5.91. The first kappa shape index (κ1) is 12.6. The highest BCUT2D eigenvalue weighted by Crippen LogP contribution is 2.14. The summed E-state index contributed by atoms with van der Waals surface area (Å²) in [5.74, 6) is 0. The molecule has 0 aliphatic carbocycles. The zero-order valence-electron chi connectivity index (χ0n) is 11.8. The van der Waals surface area contributed by atoms with Crippen LogP contribution >= 0.6 is 0 Å². The van der Waals surface area contributed by atoms with Gasteiger partial charge in [0, 0.05) is 21.8 Å². The monoisotopic (exact) mass is 286 g/mol. The SMILES string of the molecule is C(=N/N=C\c1cc2ccccc2[nH]1)/c1cc2ccccc2[nH]1. The van der Waals surface area contributed by atoms with Crippen molar-refractivity contribution >= 4 is 34.2 Å². The van der Waals surface area contributed by atoms with Gasteiger partial charge in [0.05, 0.1) is 23.8 Å². The van der Waals surface area contributed by atoms with E-state index in [1.165, 1.54) is 10.8 Å². The molecule has 4 heteroatoms. The molecule has 0 aliphatic rings. The van der Waals surface area contributed by atoms with Crippen molar-refractivity contribution < 1.29 is 0 Å². The molecule has 4 nitrogen and oxygen atoms in total. The second kappa shape index (κ2) is 5.33. The van der Waals surface area contributed by atoms with Crippen LogP contribution in [-0.4, -0.2) is 22.4 Å². The van der Waals surface area contributed by atoms with Crippen LogP contribution in [0, 0.1) is 0 Å². The Morgan fingerprint density at radius 3 is 1.55 bits per heavy atom. The van der Waals surface area contributed by atoms with E-state index in [1.807, 2.05) is 36.4 Å². The lowest BCUT2D eigenvalue weighted by Crippen LogP contribution is -1.80. The van der Waals surface area contributed by atoms with E-state index < -0.39 is 0 Å². The minimum atomic E-state index is 0.940. The Balaban J connectivity index is 1.53. The van der Waals surface area contributed by atoms with E-state index in [0.29, 0.717) is 0 Å². The minimum absolute atomic E-state index is 0.940. The van der Waals surface area contributed by atoms with Crippen LogP contribution in [0.2, 0.25) is 0 Å². The Kier molecular flexibility index (Phi) is 3.05. The number of nitrogens with one attached hydrogen (secondary N) is 2. The third-order valence-corrected chi connectivity index (χ3v) is 3.56. The molecule has 106 valence electrons. The number of benzene rings is 2. The maximum Gasteiger partial charge on any atom is 0.0731 e. The molecule has 0 radical (unpaired) electrons. The number of aromatic nitrogens is 2. The fourth-order valence-corrected chi connectivity index (χ4v) is 2.52. The Labute approximate surface area is 127 Å². The lowest BCUT2D eigenvalue weighted by atomic mass is 10.2. The first-order chi connectivity index (χ1) is 10.9. The Morgan fingerprint density at radius 1 is 0.636 bits per heavy atom. The maximum atomic E-state index is 4.10. The molecule has 4 rings (SSSR count). The number of aromatic amines is 2. The third-order valence-electron chi connectivity index (χ3n) is 3.56. The smallest absolute Gasteiger partial charge is 0.0731 e. The maximum absolute atomic E-state index is 4.10. The molecule has 0 bridgehead atoms. The van der Waals surface area contributed by atoms with Gasteiger partial charge in [-0.2, -0.15) is 10.2 Å². The summed E-state index contributed by atoms with van der Waals surface area (Å²) in [4.78, 5) is 6.57. The number of H-pyrrole nitrogens is 2. The first-order valence-electron chi connectivity index (χ1n) is 7.10. The highest BCUT2D eigenvalue weighted by atomic mass is 15.2. The lowest BCUT2D eigenvalue weighted by Gasteiger charge is -1.85. The topological polar surface area (TPSA) is 56.3 Å². The normalized spacial score (nSPS) is 12.2. The fourth-order valence-electron chi connectivity index (χ4n) is 2.52. The molecule has 0 saturated carbocycles. The Hall–Kier alpha value is -3.14. The molecule has 4 aromatic rings. The van der Waals surface area contributed by atoms with Crippen molar-refractivity contribution in [3.05, 3.63) is 72.1 Å². The number of para-hydroxylation sites is 2. The van der Waals surface area contributed by atoms with Crippen molar-refractivity contribution in [2.45, 2.75) is 0 Å². The van der Waals surface area contributed by atoms with Gasteiger partial charge in [-0.1, -0.05) is 36.4 Å². The molecule has 22 heavy (non-hydrogen) atoms. The van der Waals surface area contributed by atoms with Gasteiger partial charge >= 0.3 is 0 Å². The van der Waals surface area contributed by atoms with Gasteiger partial charge < -0.3 is 9.97 Å².